The summed E-state index contributed by atoms with van der Waals surface area (Å²) in [6, 6.07) is 13.1. The van der Waals surface area contributed by atoms with Crippen LogP contribution < -0.4 is 10.1 Å². The molecule has 1 fully saturated rings. The Bertz CT molecular complexity index is 963. The summed E-state index contributed by atoms with van der Waals surface area (Å²) >= 11 is 0. The Hall–Kier alpha value is -3.15. The van der Waals surface area contributed by atoms with Crippen molar-refractivity contribution < 1.29 is 13.9 Å². The minimum Gasteiger partial charge on any atom is -0.496 e. The van der Waals surface area contributed by atoms with Gasteiger partial charge in [-0.25, -0.2) is 4.39 Å². The summed E-state index contributed by atoms with van der Waals surface area (Å²) in [5.41, 5.74) is 3.20. The van der Waals surface area contributed by atoms with Crippen molar-refractivity contribution in [3.8, 4) is 17.0 Å². The molecule has 0 bridgehead atoms. The van der Waals surface area contributed by atoms with Crippen LogP contribution in [-0.2, 0) is 0 Å². The second kappa shape index (κ2) is 6.63. The Morgan fingerprint density at radius 3 is 2.77 bits per heavy atom. The quantitative estimate of drug-likeness (QED) is 0.718. The van der Waals surface area contributed by atoms with Crippen LogP contribution in [0.25, 0.3) is 11.3 Å². The smallest absolute Gasteiger partial charge is 0.255 e. The van der Waals surface area contributed by atoms with Gasteiger partial charge >= 0.3 is 0 Å². The fourth-order valence-electron chi connectivity index (χ4n) is 3.00. The van der Waals surface area contributed by atoms with Gasteiger partial charge in [0.15, 0.2) is 0 Å². The molecule has 1 aliphatic carbocycles. The molecule has 1 aromatic heterocycles. The summed E-state index contributed by atoms with van der Waals surface area (Å²) in [5.74, 6) is 0.206. The summed E-state index contributed by atoms with van der Waals surface area (Å²) in [4.78, 5) is 12.6. The van der Waals surface area contributed by atoms with E-state index in [1.165, 1.54) is 18.2 Å². The van der Waals surface area contributed by atoms with E-state index in [0.717, 1.165) is 24.1 Å². The fraction of sp³-hybridized carbons (Fsp3) is 0.200. The Morgan fingerprint density at radius 2 is 2.04 bits per heavy atom. The molecule has 2 N–H and O–H groups in total. The molecular formula is C20H18FN3O2. The highest BCUT2D eigenvalue weighted by Crippen LogP contribution is 2.46. The number of carbonyl (C=O) groups excluding carboxylic acids is 1. The fourth-order valence-corrected chi connectivity index (χ4v) is 3.00. The van der Waals surface area contributed by atoms with Crippen LogP contribution in [0.3, 0.4) is 0 Å². The number of H-pyrrole nitrogens is 1. The van der Waals surface area contributed by atoms with Gasteiger partial charge in [-0.15, -0.1) is 0 Å². The van der Waals surface area contributed by atoms with Crippen molar-refractivity contribution >= 4 is 11.6 Å². The van der Waals surface area contributed by atoms with Gasteiger partial charge in [0, 0.05) is 17.0 Å². The predicted molar refractivity (Wildman–Crippen MR) is 96.9 cm³/mol. The molecule has 0 saturated heterocycles. The number of methoxy groups -OCH3 is 1. The lowest BCUT2D eigenvalue weighted by molar-refractivity contribution is 0.102. The van der Waals surface area contributed by atoms with Gasteiger partial charge < -0.3 is 10.1 Å². The molecule has 26 heavy (non-hydrogen) atoms. The SMILES string of the molecule is COc1ccccc1-c1n[nH]c(C2CC2)c1NC(=O)c1cccc(F)c1. The topological polar surface area (TPSA) is 67.0 Å². The summed E-state index contributed by atoms with van der Waals surface area (Å²) in [6.07, 6.45) is 2.10. The maximum atomic E-state index is 13.5. The number of para-hydroxylation sites is 1. The van der Waals surface area contributed by atoms with Crippen molar-refractivity contribution in [1.82, 2.24) is 10.2 Å². The van der Waals surface area contributed by atoms with Crippen molar-refractivity contribution in [3.05, 3.63) is 65.6 Å². The van der Waals surface area contributed by atoms with Gasteiger partial charge in [-0.2, -0.15) is 5.10 Å². The highest BCUT2D eigenvalue weighted by Gasteiger charge is 2.31. The first-order valence-electron chi connectivity index (χ1n) is 8.46. The molecule has 0 radical (unpaired) electrons. The van der Waals surface area contributed by atoms with E-state index >= 15 is 0 Å². The number of amides is 1. The first-order chi connectivity index (χ1) is 12.7. The van der Waals surface area contributed by atoms with Gasteiger partial charge in [-0.3, -0.25) is 9.89 Å². The number of aromatic amines is 1. The number of halogens is 1. The maximum absolute atomic E-state index is 13.5. The molecule has 2 aromatic carbocycles. The van der Waals surface area contributed by atoms with Gasteiger partial charge in [0.25, 0.3) is 5.91 Å². The van der Waals surface area contributed by atoms with Crippen LogP contribution in [0, 0.1) is 5.82 Å². The molecule has 1 saturated carbocycles. The van der Waals surface area contributed by atoms with Crippen LogP contribution in [0.5, 0.6) is 5.75 Å². The number of anilines is 1. The number of hydrogen-bond donors (Lipinski definition) is 2. The maximum Gasteiger partial charge on any atom is 0.255 e. The Balaban J connectivity index is 1.75. The average Bonchev–Trinajstić information content (AvgIpc) is 3.42. The monoisotopic (exact) mass is 351 g/mol. The molecule has 0 unspecified atom stereocenters. The average molecular weight is 351 g/mol. The molecule has 0 spiro atoms. The van der Waals surface area contributed by atoms with Gasteiger partial charge in [0.1, 0.15) is 17.3 Å². The van der Waals surface area contributed by atoms with Gasteiger partial charge in [-0.05, 0) is 43.2 Å². The number of aromatic nitrogens is 2. The molecule has 0 aliphatic heterocycles. The molecule has 4 rings (SSSR count). The number of carbonyl (C=O) groups is 1. The zero-order chi connectivity index (χ0) is 18.1. The van der Waals surface area contributed by atoms with E-state index in [0.29, 0.717) is 23.0 Å². The van der Waals surface area contributed by atoms with Crippen LogP contribution in [0.15, 0.2) is 48.5 Å². The third-order valence-corrected chi connectivity index (χ3v) is 4.47. The largest absolute Gasteiger partial charge is 0.496 e. The third-order valence-electron chi connectivity index (χ3n) is 4.47. The second-order valence-corrected chi connectivity index (χ2v) is 6.30. The summed E-state index contributed by atoms with van der Waals surface area (Å²) < 4.78 is 18.9. The zero-order valence-corrected chi connectivity index (χ0v) is 14.3. The normalized spacial score (nSPS) is 13.5. The van der Waals surface area contributed by atoms with Crippen molar-refractivity contribution in [1.29, 1.82) is 0 Å². The lowest BCUT2D eigenvalue weighted by Gasteiger charge is -2.11. The van der Waals surface area contributed by atoms with Crippen molar-refractivity contribution in [2.45, 2.75) is 18.8 Å². The molecule has 132 valence electrons. The van der Waals surface area contributed by atoms with E-state index in [1.807, 2.05) is 24.3 Å². The van der Waals surface area contributed by atoms with Gasteiger partial charge in [-0.1, -0.05) is 18.2 Å². The third kappa shape index (κ3) is 3.06. The first kappa shape index (κ1) is 16.3. The highest BCUT2D eigenvalue weighted by molar-refractivity contribution is 6.06. The Labute approximate surface area is 150 Å². The molecule has 1 heterocycles. The zero-order valence-electron chi connectivity index (χ0n) is 14.3. The summed E-state index contributed by atoms with van der Waals surface area (Å²) in [7, 11) is 1.60. The lowest BCUT2D eigenvalue weighted by Crippen LogP contribution is -2.13. The number of ether oxygens (including phenoxy) is 1. The molecule has 1 amide bonds. The van der Waals surface area contributed by atoms with Crippen LogP contribution in [-0.4, -0.2) is 23.2 Å². The van der Waals surface area contributed by atoms with E-state index in [1.54, 1.807) is 13.2 Å². The molecule has 3 aromatic rings. The predicted octanol–water partition coefficient (Wildman–Crippen LogP) is 4.35. The van der Waals surface area contributed by atoms with Crippen LogP contribution >= 0.6 is 0 Å². The van der Waals surface area contributed by atoms with Gasteiger partial charge in [0.2, 0.25) is 0 Å². The van der Waals surface area contributed by atoms with E-state index in [2.05, 4.69) is 15.5 Å². The minimum atomic E-state index is -0.447. The number of rotatable bonds is 5. The van der Waals surface area contributed by atoms with E-state index in [4.69, 9.17) is 4.74 Å². The van der Waals surface area contributed by atoms with Crippen LogP contribution in [0.4, 0.5) is 10.1 Å². The molecule has 6 heteroatoms. The first-order valence-corrected chi connectivity index (χ1v) is 8.46. The van der Waals surface area contributed by atoms with E-state index in [9.17, 15) is 9.18 Å². The van der Waals surface area contributed by atoms with Crippen molar-refractivity contribution in [2.75, 3.05) is 12.4 Å². The van der Waals surface area contributed by atoms with Crippen molar-refractivity contribution in [2.24, 2.45) is 0 Å². The number of benzene rings is 2. The van der Waals surface area contributed by atoms with Gasteiger partial charge in [0.05, 0.1) is 18.5 Å². The second-order valence-electron chi connectivity index (χ2n) is 6.30. The number of hydrogen-bond acceptors (Lipinski definition) is 3. The highest BCUT2D eigenvalue weighted by atomic mass is 19.1. The Morgan fingerprint density at radius 1 is 1.23 bits per heavy atom. The van der Waals surface area contributed by atoms with E-state index < -0.39 is 5.82 Å². The number of nitrogens with zero attached hydrogens (tertiary/aromatic N) is 1. The molecular weight excluding hydrogens is 333 g/mol. The summed E-state index contributed by atoms with van der Waals surface area (Å²) in [5, 5.41) is 10.4. The molecule has 1 aliphatic rings. The minimum absolute atomic E-state index is 0.263. The van der Waals surface area contributed by atoms with Crippen LogP contribution in [0.2, 0.25) is 0 Å². The number of nitrogens with one attached hydrogen (secondary N) is 2. The van der Waals surface area contributed by atoms with E-state index in [-0.39, 0.29) is 11.5 Å². The summed E-state index contributed by atoms with van der Waals surface area (Å²) in [6.45, 7) is 0. The Kier molecular flexibility index (Phi) is 4.16. The lowest BCUT2D eigenvalue weighted by atomic mass is 10.1. The molecule has 5 nitrogen and oxygen atoms in total. The van der Waals surface area contributed by atoms with Crippen molar-refractivity contribution in [3.63, 3.8) is 0 Å². The standard InChI is InChI=1S/C20H18FN3O2/c1-26-16-8-3-2-7-15(16)18-19(17(23-24-18)12-9-10-12)22-20(25)13-5-4-6-14(21)11-13/h2-8,11-12H,9-10H2,1H3,(H,22,25)(H,23,24). The molecule has 0 atom stereocenters. The van der Waals surface area contributed by atoms with Crippen LogP contribution in [0.1, 0.15) is 34.8 Å².